The molecule has 4 heterocycles. The minimum atomic E-state index is -1.36. The van der Waals surface area contributed by atoms with Gasteiger partial charge in [0.2, 0.25) is 17.7 Å². The van der Waals surface area contributed by atoms with Crippen molar-refractivity contribution in [2.45, 2.75) is 36.9 Å². The highest BCUT2D eigenvalue weighted by atomic mass is 16.5. The smallest absolute Gasteiger partial charge is 0.250 e. The number of carbonyl (C=O) groups is 3. The zero-order chi connectivity index (χ0) is 23.6. The molecule has 4 N–H and O–H groups in total. The molecule has 0 saturated carbocycles. The highest BCUT2D eigenvalue weighted by molar-refractivity contribution is 6.15. The molecule has 2 aromatic rings. The number of aromatic hydroxyl groups is 2. The summed E-state index contributed by atoms with van der Waals surface area (Å²) >= 11 is 0. The van der Waals surface area contributed by atoms with Crippen molar-refractivity contribution >= 4 is 23.4 Å². The Morgan fingerprint density at radius 2 is 1.88 bits per heavy atom. The maximum Gasteiger partial charge on any atom is 0.250 e. The van der Waals surface area contributed by atoms with Gasteiger partial charge in [0.1, 0.15) is 5.54 Å². The quantitative estimate of drug-likeness (QED) is 0.397. The Kier molecular flexibility index (Phi) is 4.69. The molecule has 3 amide bonds. The molecule has 9 nitrogen and oxygen atoms in total. The zero-order valence-corrected chi connectivity index (χ0v) is 18.4. The number of anilines is 1. The van der Waals surface area contributed by atoms with Gasteiger partial charge in [-0.3, -0.25) is 24.6 Å². The van der Waals surface area contributed by atoms with E-state index in [1.54, 1.807) is 12.1 Å². The van der Waals surface area contributed by atoms with Crippen molar-refractivity contribution in [3.05, 3.63) is 53.6 Å². The fourth-order valence-electron chi connectivity index (χ4n) is 6.11. The lowest BCUT2D eigenvalue weighted by atomic mass is 9.76. The van der Waals surface area contributed by atoms with E-state index in [1.807, 2.05) is 18.2 Å². The van der Waals surface area contributed by atoms with Crippen molar-refractivity contribution in [3.8, 4) is 11.5 Å². The van der Waals surface area contributed by atoms with E-state index in [0.29, 0.717) is 29.8 Å². The van der Waals surface area contributed by atoms with Crippen molar-refractivity contribution in [2.75, 3.05) is 18.5 Å². The largest absolute Gasteiger partial charge is 0.504 e. The average Bonchev–Trinajstić information content (AvgIpc) is 3.56. The standard InChI is InChI=1S/C25H25N3O6/c29-18-8-7-13(11-19(18)30)10-17-20-21(23(32)28(22(20)31)12-14-4-3-9-34-14)25(27-17)15-5-1-2-6-16(15)26-24(25)33/h1-2,5-8,11,14,17,20-21,27,29-30H,3-4,9-10,12H2,(H,26,33)/t14-,17-,20-,21+,25+/m0/s1. The van der Waals surface area contributed by atoms with Gasteiger partial charge in [-0.25, -0.2) is 0 Å². The number of likely N-dealkylation sites (tertiary alicyclic amines) is 1. The molecule has 0 radical (unpaired) electrons. The Balaban J connectivity index is 1.42. The molecule has 4 aliphatic heterocycles. The second-order valence-electron chi connectivity index (χ2n) is 9.51. The molecule has 6 rings (SSSR count). The average molecular weight is 463 g/mol. The fourth-order valence-corrected chi connectivity index (χ4v) is 6.11. The predicted molar refractivity (Wildman–Crippen MR) is 120 cm³/mol. The topological polar surface area (TPSA) is 128 Å². The van der Waals surface area contributed by atoms with Crippen LogP contribution in [0.15, 0.2) is 42.5 Å². The van der Waals surface area contributed by atoms with Crippen LogP contribution in [0, 0.1) is 11.8 Å². The van der Waals surface area contributed by atoms with Gasteiger partial charge >= 0.3 is 0 Å². The van der Waals surface area contributed by atoms with E-state index in [0.717, 1.165) is 12.8 Å². The molecule has 1 spiro atoms. The maximum absolute atomic E-state index is 13.8. The molecule has 3 saturated heterocycles. The molecular weight excluding hydrogens is 438 g/mol. The first-order valence-electron chi connectivity index (χ1n) is 11.6. The van der Waals surface area contributed by atoms with E-state index < -0.39 is 23.4 Å². The molecule has 9 heteroatoms. The van der Waals surface area contributed by atoms with E-state index in [1.165, 1.54) is 17.0 Å². The summed E-state index contributed by atoms with van der Waals surface area (Å²) in [4.78, 5) is 42.1. The van der Waals surface area contributed by atoms with Crippen molar-refractivity contribution in [1.29, 1.82) is 0 Å². The first-order chi connectivity index (χ1) is 16.4. The summed E-state index contributed by atoms with van der Waals surface area (Å²) in [6.07, 6.45) is 1.78. The molecule has 2 aromatic carbocycles. The van der Waals surface area contributed by atoms with Gasteiger partial charge in [-0.05, 0) is 43.0 Å². The second kappa shape index (κ2) is 7.54. The first-order valence-corrected chi connectivity index (χ1v) is 11.6. The molecule has 0 unspecified atom stereocenters. The van der Waals surface area contributed by atoms with Crippen molar-refractivity contribution in [3.63, 3.8) is 0 Å². The Bertz CT molecular complexity index is 1210. The highest BCUT2D eigenvalue weighted by Crippen LogP contribution is 2.53. The third-order valence-corrected chi connectivity index (χ3v) is 7.62. The lowest BCUT2D eigenvalue weighted by molar-refractivity contribution is -0.144. The van der Waals surface area contributed by atoms with E-state index >= 15 is 0 Å². The molecule has 4 aliphatic rings. The molecule has 0 bridgehead atoms. The van der Waals surface area contributed by atoms with Crippen LogP contribution in [-0.2, 0) is 31.1 Å². The van der Waals surface area contributed by atoms with Gasteiger partial charge in [-0.15, -0.1) is 0 Å². The summed E-state index contributed by atoms with van der Waals surface area (Å²) in [5.41, 5.74) is 0.599. The minimum Gasteiger partial charge on any atom is -0.504 e. The number of benzene rings is 2. The number of amides is 3. The van der Waals surface area contributed by atoms with Crippen LogP contribution in [0.1, 0.15) is 24.0 Å². The number of nitrogens with one attached hydrogen (secondary N) is 2. The van der Waals surface area contributed by atoms with Crippen LogP contribution in [0.25, 0.3) is 0 Å². The predicted octanol–water partition coefficient (Wildman–Crippen LogP) is 1.24. The second-order valence-corrected chi connectivity index (χ2v) is 9.51. The van der Waals surface area contributed by atoms with Crippen LogP contribution in [0.4, 0.5) is 5.69 Å². The maximum atomic E-state index is 13.8. The van der Waals surface area contributed by atoms with Gasteiger partial charge in [-0.1, -0.05) is 24.3 Å². The monoisotopic (exact) mass is 463 g/mol. The Labute approximate surface area is 195 Å². The summed E-state index contributed by atoms with van der Waals surface area (Å²) in [6, 6.07) is 11.2. The van der Waals surface area contributed by atoms with Crippen molar-refractivity contribution in [2.24, 2.45) is 11.8 Å². The number of carbonyl (C=O) groups excluding carboxylic acids is 3. The lowest BCUT2D eigenvalue weighted by Crippen LogP contribution is -2.54. The van der Waals surface area contributed by atoms with Gasteiger partial charge in [-0.2, -0.15) is 0 Å². The number of nitrogens with zero attached hydrogens (tertiary/aromatic N) is 1. The normalized spacial score (nSPS) is 31.9. The molecule has 34 heavy (non-hydrogen) atoms. The third-order valence-electron chi connectivity index (χ3n) is 7.62. The molecule has 3 fully saturated rings. The van der Waals surface area contributed by atoms with Gasteiger partial charge in [0.05, 0.1) is 24.5 Å². The number of phenolic OH excluding ortho intramolecular Hbond substituents is 2. The number of ether oxygens (including phenoxy) is 1. The number of fused-ring (bicyclic) bond motifs is 4. The zero-order valence-electron chi connectivity index (χ0n) is 18.4. The van der Waals surface area contributed by atoms with E-state index in [-0.39, 0.29) is 41.9 Å². The molecule has 0 aliphatic carbocycles. The number of para-hydroxylation sites is 1. The summed E-state index contributed by atoms with van der Waals surface area (Å²) in [7, 11) is 0. The number of hydrogen-bond donors (Lipinski definition) is 4. The molecule has 5 atom stereocenters. The van der Waals surface area contributed by atoms with Crippen LogP contribution >= 0.6 is 0 Å². The van der Waals surface area contributed by atoms with Gasteiger partial charge in [0.15, 0.2) is 11.5 Å². The van der Waals surface area contributed by atoms with E-state index in [2.05, 4.69) is 10.6 Å². The van der Waals surface area contributed by atoms with E-state index in [9.17, 15) is 24.6 Å². The fraction of sp³-hybridized carbons (Fsp3) is 0.400. The molecule has 176 valence electrons. The van der Waals surface area contributed by atoms with Crippen LogP contribution in [-0.4, -0.2) is 58.1 Å². The van der Waals surface area contributed by atoms with Crippen molar-refractivity contribution < 1.29 is 29.3 Å². The van der Waals surface area contributed by atoms with Gasteiger partial charge in [0.25, 0.3) is 0 Å². The molecular formula is C25H25N3O6. The number of phenols is 2. The summed E-state index contributed by atoms with van der Waals surface area (Å²) in [5, 5.41) is 25.9. The highest BCUT2D eigenvalue weighted by Gasteiger charge is 2.70. The summed E-state index contributed by atoms with van der Waals surface area (Å²) < 4.78 is 5.68. The van der Waals surface area contributed by atoms with Crippen LogP contribution in [0.5, 0.6) is 11.5 Å². The molecule has 0 aromatic heterocycles. The SMILES string of the molecule is O=C1[C@H]2[C@H](Cc3ccc(O)c(O)c3)N[C@@]3(C(=O)Nc4ccccc43)[C@H]2C(=O)N1C[C@@H]1CCCO1. The Morgan fingerprint density at radius 3 is 2.65 bits per heavy atom. The van der Waals surface area contributed by atoms with Gasteiger partial charge in [0, 0.05) is 23.9 Å². The summed E-state index contributed by atoms with van der Waals surface area (Å²) in [5.74, 6) is -3.15. The van der Waals surface area contributed by atoms with Crippen molar-refractivity contribution in [1.82, 2.24) is 10.2 Å². The van der Waals surface area contributed by atoms with Crippen LogP contribution in [0.2, 0.25) is 0 Å². The van der Waals surface area contributed by atoms with E-state index in [4.69, 9.17) is 4.74 Å². The van der Waals surface area contributed by atoms with Gasteiger partial charge < -0.3 is 20.3 Å². The summed E-state index contributed by atoms with van der Waals surface area (Å²) in [6.45, 7) is 0.804. The first kappa shape index (κ1) is 21.1. The minimum absolute atomic E-state index is 0.187. The Morgan fingerprint density at radius 1 is 1.06 bits per heavy atom. The third kappa shape index (κ3) is 2.90. The van der Waals surface area contributed by atoms with Crippen LogP contribution in [0.3, 0.4) is 0 Å². The number of rotatable bonds is 4. The van der Waals surface area contributed by atoms with Crippen LogP contribution < -0.4 is 10.6 Å². The Hall–Kier alpha value is -3.43. The lowest BCUT2D eigenvalue weighted by Gasteiger charge is -2.30. The number of imide groups is 1. The number of hydrogen-bond acceptors (Lipinski definition) is 7.